The zero-order chi connectivity index (χ0) is 21.4. The number of aromatic nitrogens is 2. The molecule has 1 atom stereocenters. The van der Waals surface area contributed by atoms with Gasteiger partial charge in [0.2, 0.25) is 0 Å². The molecule has 0 bridgehead atoms. The first-order valence-electron chi connectivity index (χ1n) is 10.2. The molecule has 0 amide bonds. The van der Waals surface area contributed by atoms with Crippen molar-refractivity contribution in [3.05, 3.63) is 41.7 Å². The molecule has 0 aliphatic heterocycles. The normalized spacial score (nSPS) is 12.3. The molecule has 0 aliphatic rings. The van der Waals surface area contributed by atoms with Crippen molar-refractivity contribution >= 4 is 29.9 Å². The van der Waals surface area contributed by atoms with Gasteiger partial charge in [0.25, 0.3) is 0 Å². The van der Waals surface area contributed by atoms with Crippen LogP contribution in [0, 0.1) is 0 Å². The molecule has 1 N–H and O–H groups in total. The first-order chi connectivity index (χ1) is 13.8. The third-order valence-electron chi connectivity index (χ3n) is 4.48. The summed E-state index contributed by atoms with van der Waals surface area (Å²) < 4.78 is 13.3. The maximum absolute atomic E-state index is 6.03. The SMILES string of the molecule is CCNC(=NCC(C)Oc1ccccc1OC)N(C)Cc1cn(C)nc1C(C)C.I. The van der Waals surface area contributed by atoms with Crippen LogP contribution in [0.15, 0.2) is 35.5 Å². The number of methoxy groups -OCH3 is 1. The van der Waals surface area contributed by atoms with Crippen LogP contribution in [0.3, 0.4) is 0 Å². The van der Waals surface area contributed by atoms with Crippen LogP contribution in [0.25, 0.3) is 0 Å². The van der Waals surface area contributed by atoms with Crippen molar-refractivity contribution in [3.63, 3.8) is 0 Å². The summed E-state index contributed by atoms with van der Waals surface area (Å²) in [5, 5.41) is 7.97. The number of aliphatic imine (C=N–C) groups is 1. The number of halogens is 1. The van der Waals surface area contributed by atoms with Gasteiger partial charge in [0.1, 0.15) is 6.10 Å². The second-order valence-corrected chi connectivity index (χ2v) is 7.50. The number of aryl methyl sites for hydroxylation is 1. The summed E-state index contributed by atoms with van der Waals surface area (Å²) in [7, 11) is 5.66. The minimum Gasteiger partial charge on any atom is -0.493 e. The molecule has 0 fully saturated rings. The Morgan fingerprint density at radius 1 is 1.23 bits per heavy atom. The standard InChI is InChI=1S/C22H35N5O2.HI/c1-8-23-22(26(5)14-18-15-27(6)25-21(18)16(2)3)24-13-17(4)29-20-12-10-9-11-19(20)28-7;/h9-12,15-17H,8,13-14H2,1-7H3,(H,23,24);1H. The van der Waals surface area contributed by atoms with Crippen molar-refractivity contribution < 1.29 is 9.47 Å². The number of rotatable bonds is 9. The predicted molar refractivity (Wildman–Crippen MR) is 133 cm³/mol. The van der Waals surface area contributed by atoms with Crippen molar-refractivity contribution in [2.24, 2.45) is 12.0 Å². The molecule has 1 aromatic carbocycles. The number of guanidine groups is 1. The molecule has 1 heterocycles. The van der Waals surface area contributed by atoms with Crippen molar-refractivity contribution in [1.29, 1.82) is 0 Å². The van der Waals surface area contributed by atoms with Crippen LogP contribution in [-0.2, 0) is 13.6 Å². The number of hydrogen-bond acceptors (Lipinski definition) is 4. The summed E-state index contributed by atoms with van der Waals surface area (Å²) in [6.45, 7) is 10.5. The van der Waals surface area contributed by atoms with Gasteiger partial charge in [-0.3, -0.25) is 4.68 Å². The lowest BCUT2D eigenvalue weighted by Gasteiger charge is -2.23. The summed E-state index contributed by atoms with van der Waals surface area (Å²) in [4.78, 5) is 6.91. The molecule has 0 saturated carbocycles. The van der Waals surface area contributed by atoms with E-state index in [1.54, 1.807) is 7.11 Å². The Morgan fingerprint density at radius 3 is 2.50 bits per heavy atom. The van der Waals surface area contributed by atoms with Crippen molar-refractivity contribution in [1.82, 2.24) is 20.0 Å². The van der Waals surface area contributed by atoms with E-state index >= 15 is 0 Å². The van der Waals surface area contributed by atoms with E-state index in [-0.39, 0.29) is 30.1 Å². The zero-order valence-electron chi connectivity index (χ0n) is 19.2. The van der Waals surface area contributed by atoms with Crippen molar-refractivity contribution in [3.8, 4) is 11.5 Å². The van der Waals surface area contributed by atoms with Crippen LogP contribution in [0.2, 0.25) is 0 Å². The Kier molecular flexibility index (Phi) is 11.0. The number of hydrogen-bond donors (Lipinski definition) is 1. The third-order valence-corrected chi connectivity index (χ3v) is 4.48. The van der Waals surface area contributed by atoms with Crippen LogP contribution in [0.4, 0.5) is 0 Å². The van der Waals surface area contributed by atoms with E-state index in [0.717, 1.165) is 36.2 Å². The highest BCUT2D eigenvalue weighted by Crippen LogP contribution is 2.26. The molecule has 1 aromatic heterocycles. The van der Waals surface area contributed by atoms with Gasteiger partial charge in [-0.05, 0) is 31.9 Å². The van der Waals surface area contributed by atoms with Crippen molar-refractivity contribution in [2.45, 2.75) is 46.3 Å². The van der Waals surface area contributed by atoms with E-state index in [2.05, 4.69) is 42.3 Å². The van der Waals surface area contributed by atoms with Gasteiger partial charge in [-0.1, -0.05) is 26.0 Å². The van der Waals surface area contributed by atoms with E-state index < -0.39 is 0 Å². The van der Waals surface area contributed by atoms with E-state index in [4.69, 9.17) is 14.5 Å². The second-order valence-electron chi connectivity index (χ2n) is 7.50. The largest absolute Gasteiger partial charge is 0.493 e. The minimum atomic E-state index is -0.0852. The summed E-state index contributed by atoms with van der Waals surface area (Å²) in [6.07, 6.45) is 2.00. The third kappa shape index (κ3) is 7.37. The van der Waals surface area contributed by atoms with Crippen LogP contribution in [-0.4, -0.2) is 54.0 Å². The highest BCUT2D eigenvalue weighted by atomic mass is 127. The molecule has 0 radical (unpaired) electrons. The Morgan fingerprint density at radius 2 is 1.90 bits per heavy atom. The molecular formula is C22H36IN5O2. The smallest absolute Gasteiger partial charge is 0.194 e. The molecule has 0 saturated heterocycles. The van der Waals surface area contributed by atoms with Gasteiger partial charge >= 0.3 is 0 Å². The monoisotopic (exact) mass is 529 g/mol. The van der Waals surface area contributed by atoms with Gasteiger partial charge in [0.15, 0.2) is 17.5 Å². The minimum absolute atomic E-state index is 0. The quantitative estimate of drug-likeness (QED) is 0.302. The van der Waals surface area contributed by atoms with Crippen LogP contribution >= 0.6 is 24.0 Å². The van der Waals surface area contributed by atoms with Gasteiger partial charge in [0, 0.05) is 38.9 Å². The number of benzene rings is 1. The molecule has 2 aromatic rings. The van der Waals surface area contributed by atoms with E-state index in [1.165, 1.54) is 5.56 Å². The molecule has 1 unspecified atom stereocenters. The topological polar surface area (TPSA) is 63.9 Å². The average molecular weight is 529 g/mol. The maximum atomic E-state index is 6.03. The Hall–Kier alpha value is -1.97. The van der Waals surface area contributed by atoms with E-state index in [9.17, 15) is 0 Å². The van der Waals surface area contributed by atoms with Gasteiger partial charge in [-0.25, -0.2) is 4.99 Å². The predicted octanol–water partition coefficient (Wildman–Crippen LogP) is 4.03. The Balaban J connectivity index is 0.00000450. The lowest BCUT2D eigenvalue weighted by molar-refractivity contribution is 0.219. The molecule has 168 valence electrons. The highest BCUT2D eigenvalue weighted by molar-refractivity contribution is 14.0. The van der Waals surface area contributed by atoms with E-state index in [1.807, 2.05) is 50.0 Å². The Labute approximate surface area is 197 Å². The van der Waals surface area contributed by atoms with Crippen LogP contribution < -0.4 is 14.8 Å². The summed E-state index contributed by atoms with van der Waals surface area (Å²) >= 11 is 0. The molecule has 8 heteroatoms. The fourth-order valence-electron chi connectivity index (χ4n) is 3.15. The number of ether oxygens (including phenoxy) is 2. The van der Waals surface area contributed by atoms with Crippen LogP contribution in [0.1, 0.15) is 44.9 Å². The average Bonchev–Trinajstić information content (AvgIpc) is 3.05. The Bertz CT molecular complexity index is 807. The van der Waals surface area contributed by atoms with Crippen LogP contribution in [0.5, 0.6) is 11.5 Å². The summed E-state index contributed by atoms with van der Waals surface area (Å²) in [6, 6.07) is 7.66. The van der Waals surface area contributed by atoms with Gasteiger partial charge in [-0.15, -0.1) is 24.0 Å². The van der Waals surface area contributed by atoms with Crippen molar-refractivity contribution in [2.75, 3.05) is 27.2 Å². The highest BCUT2D eigenvalue weighted by Gasteiger charge is 2.16. The molecule has 30 heavy (non-hydrogen) atoms. The first kappa shape index (κ1) is 26.1. The fourth-order valence-corrected chi connectivity index (χ4v) is 3.15. The van der Waals surface area contributed by atoms with E-state index in [0.29, 0.717) is 12.5 Å². The lowest BCUT2D eigenvalue weighted by atomic mass is 10.1. The lowest BCUT2D eigenvalue weighted by Crippen LogP contribution is -2.39. The molecule has 2 rings (SSSR count). The number of nitrogens with one attached hydrogen (secondary N) is 1. The molecule has 0 aliphatic carbocycles. The fraction of sp³-hybridized carbons (Fsp3) is 0.545. The van der Waals surface area contributed by atoms with Gasteiger partial charge in [-0.2, -0.15) is 5.10 Å². The molecule has 0 spiro atoms. The first-order valence-corrected chi connectivity index (χ1v) is 10.2. The molecule has 7 nitrogen and oxygen atoms in total. The number of nitrogens with zero attached hydrogens (tertiary/aromatic N) is 4. The van der Waals surface area contributed by atoms with Gasteiger partial charge < -0.3 is 19.7 Å². The zero-order valence-corrected chi connectivity index (χ0v) is 21.5. The van der Waals surface area contributed by atoms with Gasteiger partial charge in [0.05, 0.1) is 19.3 Å². The summed E-state index contributed by atoms with van der Waals surface area (Å²) in [5.74, 6) is 2.69. The second kappa shape index (κ2) is 12.7. The summed E-state index contributed by atoms with van der Waals surface area (Å²) in [5.41, 5.74) is 2.34. The maximum Gasteiger partial charge on any atom is 0.194 e. The number of para-hydroxylation sites is 2. The molecular weight excluding hydrogens is 493 g/mol.